The fourth-order valence-corrected chi connectivity index (χ4v) is 6.45. The van der Waals surface area contributed by atoms with E-state index in [2.05, 4.69) is 0 Å². The van der Waals surface area contributed by atoms with Gasteiger partial charge < -0.3 is 9.30 Å². The van der Waals surface area contributed by atoms with Gasteiger partial charge in [-0.25, -0.2) is 17.2 Å². The molecule has 0 atom stereocenters. The highest BCUT2D eigenvalue weighted by Crippen LogP contribution is 2.34. The van der Waals surface area contributed by atoms with Crippen LogP contribution < -0.4 is 0 Å². The van der Waals surface area contributed by atoms with Crippen molar-refractivity contribution in [1.82, 2.24) is 4.57 Å². The van der Waals surface area contributed by atoms with Crippen molar-refractivity contribution in [3.63, 3.8) is 0 Å². The number of nitrogens with zero attached hydrogens (tertiary/aromatic N) is 1. The number of thiophene rings is 1. The van der Waals surface area contributed by atoms with E-state index in [4.69, 9.17) is 4.74 Å². The summed E-state index contributed by atoms with van der Waals surface area (Å²) in [6.45, 7) is 1.76. The van der Waals surface area contributed by atoms with Gasteiger partial charge in [0.05, 0.1) is 16.9 Å². The zero-order valence-electron chi connectivity index (χ0n) is 17.3. The molecule has 0 radical (unpaired) electrons. The number of rotatable bonds is 6. The summed E-state index contributed by atoms with van der Waals surface area (Å²) in [5.74, 6) is -1.40. The monoisotopic (exact) mass is 475 g/mol. The first kappa shape index (κ1) is 22.2. The largest absolute Gasteiger partial charge is 0.468 e. The molecule has 0 aliphatic rings. The molecule has 2 aromatic heterocycles. The van der Waals surface area contributed by atoms with Crippen molar-refractivity contribution in [1.29, 1.82) is 0 Å². The summed E-state index contributed by atoms with van der Waals surface area (Å²) in [7, 11) is -2.57. The van der Waals surface area contributed by atoms with Crippen LogP contribution in [0.2, 0.25) is 0 Å². The van der Waals surface area contributed by atoms with Gasteiger partial charge >= 0.3 is 5.97 Å². The maximum atomic E-state index is 14.1. The van der Waals surface area contributed by atoms with Crippen LogP contribution in [-0.4, -0.2) is 26.1 Å². The number of esters is 1. The van der Waals surface area contributed by atoms with Crippen LogP contribution in [0.4, 0.5) is 8.78 Å². The minimum absolute atomic E-state index is 0.00515. The lowest BCUT2D eigenvalue weighted by Crippen LogP contribution is -2.12. The highest BCUT2D eigenvalue weighted by molar-refractivity contribution is 7.91. The number of sulfone groups is 1. The quantitative estimate of drug-likeness (QED) is 0.294. The summed E-state index contributed by atoms with van der Waals surface area (Å²) in [4.78, 5) is 12.6. The maximum absolute atomic E-state index is 14.1. The number of carbonyl (C=O) groups is 1. The Morgan fingerprint density at radius 3 is 2.44 bits per heavy atom. The second kappa shape index (κ2) is 8.48. The molecule has 166 valence electrons. The first-order chi connectivity index (χ1) is 15.2. The minimum Gasteiger partial charge on any atom is -0.468 e. The molecule has 2 heterocycles. The molecular weight excluding hydrogens is 456 g/mol. The van der Waals surface area contributed by atoms with Crippen molar-refractivity contribution >= 4 is 38.0 Å². The van der Waals surface area contributed by atoms with E-state index in [1.54, 1.807) is 22.9 Å². The van der Waals surface area contributed by atoms with Crippen molar-refractivity contribution in [2.75, 3.05) is 7.11 Å². The Morgan fingerprint density at radius 1 is 1.06 bits per heavy atom. The van der Waals surface area contributed by atoms with Gasteiger partial charge in [0.2, 0.25) is 9.84 Å². The smallest absolute Gasteiger partial charge is 0.325 e. The molecule has 5 nitrogen and oxygen atoms in total. The van der Waals surface area contributed by atoms with E-state index in [1.165, 1.54) is 48.8 Å². The van der Waals surface area contributed by atoms with Gasteiger partial charge in [-0.1, -0.05) is 0 Å². The van der Waals surface area contributed by atoms with Crippen LogP contribution in [0.1, 0.15) is 16.1 Å². The standard InChI is InChI=1S/C23H19F2NO4S2/c1-14-18(19-11-16(25)5-8-20(19)26(14)13-23(27)30-2)12-21-22(9-10-31-21)32(28,29)17-6-3-15(24)4-7-17/h3-11H,12-13H2,1-2H3. The fraction of sp³-hybridized carbons (Fsp3) is 0.174. The summed E-state index contributed by atoms with van der Waals surface area (Å²) >= 11 is 1.27. The molecule has 0 aliphatic carbocycles. The SMILES string of the molecule is COC(=O)Cn1c(C)c(Cc2sccc2S(=O)(=O)c2ccc(F)cc2)c2cc(F)ccc21. The number of carbonyl (C=O) groups excluding carboxylic acids is 1. The van der Waals surface area contributed by atoms with E-state index in [-0.39, 0.29) is 22.8 Å². The van der Waals surface area contributed by atoms with Crippen LogP contribution in [0.5, 0.6) is 0 Å². The summed E-state index contributed by atoms with van der Waals surface area (Å²) in [5.41, 5.74) is 2.10. The predicted molar refractivity (Wildman–Crippen MR) is 118 cm³/mol. The van der Waals surface area contributed by atoms with Crippen LogP contribution in [-0.2, 0) is 32.3 Å². The van der Waals surface area contributed by atoms with Gasteiger partial charge in [0.15, 0.2) is 0 Å². The molecule has 9 heteroatoms. The molecule has 4 aromatic rings. The lowest BCUT2D eigenvalue weighted by molar-refractivity contribution is -0.141. The number of hydrogen-bond acceptors (Lipinski definition) is 5. The Kier molecular flexibility index (Phi) is 5.87. The van der Waals surface area contributed by atoms with E-state index in [0.717, 1.165) is 23.4 Å². The normalized spacial score (nSPS) is 11.8. The molecule has 2 aromatic carbocycles. The zero-order chi connectivity index (χ0) is 23.0. The molecule has 0 saturated carbocycles. The van der Waals surface area contributed by atoms with Gasteiger partial charge in [-0.15, -0.1) is 11.3 Å². The summed E-state index contributed by atoms with van der Waals surface area (Å²) in [6, 6.07) is 10.5. The summed E-state index contributed by atoms with van der Waals surface area (Å²) in [6.07, 6.45) is 0.230. The molecule has 0 unspecified atom stereocenters. The Bertz CT molecular complexity index is 1420. The lowest BCUT2D eigenvalue weighted by Gasteiger charge is -2.08. The van der Waals surface area contributed by atoms with Crippen LogP contribution in [0.15, 0.2) is 63.7 Å². The van der Waals surface area contributed by atoms with Crippen molar-refractivity contribution in [3.05, 3.63) is 81.7 Å². The third kappa shape index (κ3) is 3.93. The zero-order valence-corrected chi connectivity index (χ0v) is 18.9. The Morgan fingerprint density at radius 2 is 1.75 bits per heavy atom. The van der Waals surface area contributed by atoms with Crippen LogP contribution in [0.25, 0.3) is 10.9 Å². The van der Waals surface area contributed by atoms with Gasteiger partial charge in [0.25, 0.3) is 0 Å². The van der Waals surface area contributed by atoms with Crippen LogP contribution >= 0.6 is 11.3 Å². The number of aromatic nitrogens is 1. The topological polar surface area (TPSA) is 65.4 Å². The van der Waals surface area contributed by atoms with Gasteiger partial charge in [-0.2, -0.15) is 0 Å². The molecule has 0 bridgehead atoms. The number of hydrogen-bond donors (Lipinski definition) is 0. The molecule has 0 N–H and O–H groups in total. The molecule has 0 spiro atoms. The van der Waals surface area contributed by atoms with Gasteiger partial charge in [0.1, 0.15) is 18.2 Å². The number of benzene rings is 2. The molecule has 0 fully saturated rings. The lowest BCUT2D eigenvalue weighted by atomic mass is 10.1. The Labute approximate surface area is 187 Å². The summed E-state index contributed by atoms with van der Waals surface area (Å²) < 4.78 is 60.2. The van der Waals surface area contributed by atoms with E-state index in [1.807, 2.05) is 0 Å². The average molecular weight is 476 g/mol. The maximum Gasteiger partial charge on any atom is 0.325 e. The van der Waals surface area contributed by atoms with E-state index in [0.29, 0.717) is 15.8 Å². The second-order valence-corrected chi connectivity index (χ2v) is 10.1. The first-order valence-electron chi connectivity index (χ1n) is 9.63. The van der Waals surface area contributed by atoms with Crippen molar-refractivity contribution < 1.29 is 26.7 Å². The number of ether oxygens (including phenoxy) is 1. The minimum atomic E-state index is -3.86. The second-order valence-electron chi connectivity index (χ2n) is 7.23. The Hall–Kier alpha value is -3.04. The molecule has 0 aliphatic heterocycles. The van der Waals surface area contributed by atoms with E-state index >= 15 is 0 Å². The fourth-order valence-electron chi connectivity index (χ4n) is 3.74. The molecular formula is C23H19F2NO4S2. The van der Waals surface area contributed by atoms with Crippen molar-refractivity contribution in [3.8, 4) is 0 Å². The molecule has 4 rings (SSSR count). The summed E-state index contributed by atoms with van der Waals surface area (Å²) in [5, 5.41) is 2.28. The first-order valence-corrected chi connectivity index (χ1v) is 12.0. The number of halogens is 2. The van der Waals surface area contributed by atoms with Gasteiger partial charge in [-0.3, -0.25) is 4.79 Å². The van der Waals surface area contributed by atoms with Gasteiger partial charge in [0, 0.05) is 27.9 Å². The van der Waals surface area contributed by atoms with Crippen LogP contribution in [0.3, 0.4) is 0 Å². The molecule has 32 heavy (non-hydrogen) atoms. The third-order valence-electron chi connectivity index (χ3n) is 5.39. The van der Waals surface area contributed by atoms with E-state index in [9.17, 15) is 22.0 Å². The Balaban J connectivity index is 1.81. The average Bonchev–Trinajstić information content (AvgIpc) is 3.33. The highest BCUT2D eigenvalue weighted by atomic mass is 32.2. The van der Waals surface area contributed by atoms with Crippen molar-refractivity contribution in [2.45, 2.75) is 29.7 Å². The van der Waals surface area contributed by atoms with Gasteiger partial charge in [-0.05, 0) is 66.4 Å². The molecule has 0 amide bonds. The molecule has 0 saturated heterocycles. The van der Waals surface area contributed by atoms with Crippen molar-refractivity contribution in [2.24, 2.45) is 0 Å². The number of fused-ring (bicyclic) bond motifs is 1. The highest BCUT2D eigenvalue weighted by Gasteiger charge is 2.25. The number of methoxy groups -OCH3 is 1. The van der Waals surface area contributed by atoms with Crippen LogP contribution in [0, 0.1) is 18.6 Å². The third-order valence-corrected chi connectivity index (χ3v) is 8.29. The van der Waals surface area contributed by atoms with E-state index < -0.39 is 27.4 Å². The predicted octanol–water partition coefficient (Wildman–Crippen LogP) is 4.89.